The molecule has 0 heterocycles. The number of halogens is 4. The van der Waals surface area contributed by atoms with E-state index in [0.717, 1.165) is 11.1 Å². The molecule has 2 aromatic carbocycles. The molecule has 0 fully saturated rings. The van der Waals surface area contributed by atoms with Crippen molar-refractivity contribution in [2.75, 3.05) is 20.2 Å². The van der Waals surface area contributed by atoms with Crippen LogP contribution in [0, 0.1) is 5.82 Å². The highest BCUT2D eigenvalue weighted by atomic mass is 19.4. The van der Waals surface area contributed by atoms with Crippen LogP contribution in [0.5, 0.6) is 0 Å². The molecule has 2 aromatic rings. The van der Waals surface area contributed by atoms with Crippen LogP contribution in [-0.4, -0.2) is 32.3 Å². The van der Waals surface area contributed by atoms with Crippen LogP contribution in [0.15, 0.2) is 53.5 Å². The maximum atomic E-state index is 12.9. The largest absolute Gasteiger partial charge is 0.411 e. The van der Waals surface area contributed by atoms with Gasteiger partial charge in [-0.05, 0) is 35.2 Å². The molecule has 0 atom stereocenters. The molecular formula is C20H23F4N3O. The summed E-state index contributed by atoms with van der Waals surface area (Å²) in [6.07, 6.45) is -3.61. The molecule has 2 N–H and O–H groups in total. The molecule has 28 heavy (non-hydrogen) atoms. The third kappa shape index (κ3) is 8.39. The van der Waals surface area contributed by atoms with Gasteiger partial charge >= 0.3 is 6.18 Å². The number of rotatable bonds is 8. The molecule has 2 rings (SSSR count). The van der Waals surface area contributed by atoms with Gasteiger partial charge in [0.05, 0.1) is 6.61 Å². The maximum Gasteiger partial charge on any atom is 0.411 e. The summed E-state index contributed by atoms with van der Waals surface area (Å²) in [5, 5.41) is 6.31. The Morgan fingerprint density at radius 3 is 2.39 bits per heavy atom. The van der Waals surface area contributed by atoms with Crippen molar-refractivity contribution in [1.82, 2.24) is 10.6 Å². The van der Waals surface area contributed by atoms with Crippen molar-refractivity contribution in [3.63, 3.8) is 0 Å². The number of hydrogen-bond donors (Lipinski definition) is 2. The van der Waals surface area contributed by atoms with Gasteiger partial charge in [0.2, 0.25) is 0 Å². The molecule has 0 spiro atoms. The topological polar surface area (TPSA) is 45.7 Å². The van der Waals surface area contributed by atoms with Crippen molar-refractivity contribution >= 4 is 5.96 Å². The van der Waals surface area contributed by atoms with Gasteiger partial charge in [0.15, 0.2) is 5.96 Å². The van der Waals surface area contributed by atoms with Crippen LogP contribution in [0.25, 0.3) is 0 Å². The summed E-state index contributed by atoms with van der Waals surface area (Å²) < 4.78 is 54.0. The fourth-order valence-electron chi connectivity index (χ4n) is 2.50. The predicted octanol–water partition coefficient (Wildman–Crippen LogP) is 3.81. The predicted molar refractivity (Wildman–Crippen MR) is 100 cm³/mol. The lowest BCUT2D eigenvalue weighted by molar-refractivity contribution is -0.176. The number of benzene rings is 2. The van der Waals surface area contributed by atoms with Crippen LogP contribution < -0.4 is 10.6 Å². The van der Waals surface area contributed by atoms with E-state index in [0.29, 0.717) is 31.0 Å². The van der Waals surface area contributed by atoms with Crippen molar-refractivity contribution < 1.29 is 22.3 Å². The minimum absolute atomic E-state index is 0.0992. The fourth-order valence-corrected chi connectivity index (χ4v) is 2.50. The van der Waals surface area contributed by atoms with E-state index in [2.05, 4.69) is 20.4 Å². The molecular weight excluding hydrogens is 374 g/mol. The van der Waals surface area contributed by atoms with E-state index in [4.69, 9.17) is 0 Å². The van der Waals surface area contributed by atoms with Crippen LogP contribution in [-0.2, 0) is 24.3 Å². The van der Waals surface area contributed by atoms with Gasteiger partial charge in [-0.3, -0.25) is 4.99 Å². The number of hydrogen-bond acceptors (Lipinski definition) is 2. The number of alkyl halides is 3. The second-order valence-electron chi connectivity index (χ2n) is 6.16. The van der Waals surface area contributed by atoms with Gasteiger partial charge < -0.3 is 15.4 Å². The Morgan fingerprint density at radius 1 is 1.00 bits per heavy atom. The molecule has 0 bridgehead atoms. The molecule has 0 unspecified atom stereocenters. The Kier molecular flexibility index (Phi) is 8.25. The average molecular weight is 397 g/mol. The fraction of sp³-hybridized carbons (Fsp3) is 0.350. The second-order valence-corrected chi connectivity index (χ2v) is 6.16. The molecule has 152 valence electrons. The first-order valence-corrected chi connectivity index (χ1v) is 8.77. The lowest BCUT2D eigenvalue weighted by Gasteiger charge is -2.13. The summed E-state index contributed by atoms with van der Waals surface area (Å²) in [5.41, 5.74) is 2.58. The zero-order chi connectivity index (χ0) is 20.4. The summed E-state index contributed by atoms with van der Waals surface area (Å²) in [4.78, 5) is 4.13. The Labute approximate surface area is 161 Å². The standard InChI is InChI=1S/C20H23F4N3O/c1-25-19(26-10-9-15-5-7-18(21)8-6-15)27-12-16-3-2-4-17(11-16)13-28-14-20(22,23)24/h2-8,11H,9-10,12-14H2,1H3,(H2,25,26,27). The number of nitrogens with zero attached hydrogens (tertiary/aromatic N) is 1. The van der Waals surface area contributed by atoms with E-state index in [1.165, 1.54) is 12.1 Å². The van der Waals surface area contributed by atoms with Gasteiger partial charge in [0.25, 0.3) is 0 Å². The normalized spacial score (nSPS) is 12.1. The monoisotopic (exact) mass is 397 g/mol. The average Bonchev–Trinajstić information content (AvgIpc) is 2.65. The first kappa shape index (κ1) is 21.7. The molecule has 4 nitrogen and oxygen atoms in total. The molecule has 0 amide bonds. The van der Waals surface area contributed by atoms with Gasteiger partial charge in [-0.1, -0.05) is 36.4 Å². The van der Waals surface area contributed by atoms with E-state index < -0.39 is 12.8 Å². The second kappa shape index (κ2) is 10.7. The van der Waals surface area contributed by atoms with Gasteiger partial charge in [-0.15, -0.1) is 0 Å². The molecule has 0 aliphatic heterocycles. The maximum absolute atomic E-state index is 12.9. The quantitative estimate of drug-likeness (QED) is 0.405. The van der Waals surface area contributed by atoms with Crippen LogP contribution >= 0.6 is 0 Å². The van der Waals surface area contributed by atoms with Crippen LogP contribution in [0.1, 0.15) is 16.7 Å². The molecule has 0 aromatic heterocycles. The van der Waals surface area contributed by atoms with Gasteiger partial charge in [0.1, 0.15) is 12.4 Å². The Balaban J connectivity index is 1.76. The molecule has 8 heteroatoms. The van der Waals surface area contributed by atoms with Crippen LogP contribution in [0.2, 0.25) is 0 Å². The highest BCUT2D eigenvalue weighted by molar-refractivity contribution is 5.79. The lowest BCUT2D eigenvalue weighted by atomic mass is 10.1. The van der Waals surface area contributed by atoms with Crippen molar-refractivity contribution in [2.24, 2.45) is 4.99 Å². The summed E-state index contributed by atoms with van der Waals surface area (Å²) >= 11 is 0. The molecule has 0 aliphatic carbocycles. The highest BCUT2D eigenvalue weighted by Gasteiger charge is 2.27. The third-order valence-corrected chi connectivity index (χ3v) is 3.83. The smallest absolute Gasteiger partial charge is 0.367 e. The number of aliphatic imine (C=N–C) groups is 1. The molecule has 0 saturated carbocycles. The van der Waals surface area contributed by atoms with Crippen molar-refractivity contribution in [3.05, 3.63) is 71.0 Å². The number of nitrogens with one attached hydrogen (secondary N) is 2. The van der Waals surface area contributed by atoms with E-state index in [1.807, 2.05) is 6.07 Å². The summed E-state index contributed by atoms with van der Waals surface area (Å²) in [7, 11) is 1.65. The Bertz CT molecular complexity index is 761. The van der Waals surface area contributed by atoms with Gasteiger partial charge in [-0.25, -0.2) is 4.39 Å². The van der Waals surface area contributed by atoms with E-state index in [9.17, 15) is 17.6 Å². The highest BCUT2D eigenvalue weighted by Crippen LogP contribution is 2.16. The number of ether oxygens (including phenoxy) is 1. The minimum atomic E-state index is -4.33. The van der Waals surface area contributed by atoms with E-state index in [-0.39, 0.29) is 12.4 Å². The van der Waals surface area contributed by atoms with Crippen molar-refractivity contribution in [2.45, 2.75) is 25.7 Å². The van der Waals surface area contributed by atoms with Crippen LogP contribution in [0.4, 0.5) is 17.6 Å². The van der Waals surface area contributed by atoms with Crippen molar-refractivity contribution in [3.8, 4) is 0 Å². The number of guanidine groups is 1. The van der Waals surface area contributed by atoms with Gasteiger partial charge in [0, 0.05) is 20.1 Å². The van der Waals surface area contributed by atoms with Gasteiger partial charge in [-0.2, -0.15) is 13.2 Å². The zero-order valence-corrected chi connectivity index (χ0v) is 15.5. The SMILES string of the molecule is CN=C(NCCc1ccc(F)cc1)NCc1cccc(COCC(F)(F)F)c1. The first-order chi connectivity index (χ1) is 13.4. The lowest BCUT2D eigenvalue weighted by Crippen LogP contribution is -2.37. The summed E-state index contributed by atoms with van der Waals surface area (Å²) in [6.45, 7) is -0.280. The summed E-state index contributed by atoms with van der Waals surface area (Å²) in [6, 6.07) is 13.5. The minimum Gasteiger partial charge on any atom is -0.367 e. The Hall–Kier alpha value is -2.61. The first-order valence-electron chi connectivity index (χ1n) is 8.77. The van der Waals surface area contributed by atoms with Crippen LogP contribution in [0.3, 0.4) is 0 Å². The Morgan fingerprint density at radius 2 is 1.71 bits per heavy atom. The third-order valence-electron chi connectivity index (χ3n) is 3.83. The summed E-state index contributed by atoms with van der Waals surface area (Å²) in [5.74, 6) is 0.334. The van der Waals surface area contributed by atoms with Crippen molar-refractivity contribution in [1.29, 1.82) is 0 Å². The van der Waals surface area contributed by atoms with E-state index in [1.54, 1.807) is 37.4 Å². The zero-order valence-electron chi connectivity index (χ0n) is 15.5. The molecule has 0 radical (unpaired) electrons. The van der Waals surface area contributed by atoms with E-state index >= 15 is 0 Å². The molecule has 0 saturated heterocycles. The molecule has 0 aliphatic rings.